The van der Waals surface area contributed by atoms with Gasteiger partial charge in [0.15, 0.2) is 0 Å². The molecule has 0 amide bonds. The molecule has 0 radical (unpaired) electrons. The molecule has 1 atom stereocenters. The lowest BCUT2D eigenvalue weighted by Crippen LogP contribution is -2.35. The molecule has 1 aromatic rings. The Bertz CT molecular complexity index is 482. The molecule has 0 aliphatic carbocycles. The predicted octanol–water partition coefficient (Wildman–Crippen LogP) is 4.03. The van der Waals surface area contributed by atoms with Gasteiger partial charge in [-0.15, -0.1) is 0 Å². The summed E-state index contributed by atoms with van der Waals surface area (Å²) in [6.07, 6.45) is -2.63. The summed E-state index contributed by atoms with van der Waals surface area (Å²) < 4.78 is 36.2. The second kappa shape index (κ2) is 8.72. The standard InChI is InChI=1S/C18H27F3N2O/c1-14(22-11-3-2-10-18(19,20)21)15-4-6-16(7-5-15)23-12-8-17(24)9-13-23/h4-7,14,17,22,24H,2-3,8-13H2,1H3. The molecule has 0 spiro atoms. The first kappa shape index (κ1) is 19.1. The molecular weight excluding hydrogens is 317 g/mol. The third-order valence-electron chi connectivity index (χ3n) is 4.56. The number of nitrogens with one attached hydrogen (secondary N) is 1. The van der Waals surface area contributed by atoms with E-state index in [1.165, 1.54) is 0 Å². The fraction of sp³-hybridized carbons (Fsp3) is 0.667. The third-order valence-corrected chi connectivity index (χ3v) is 4.56. The van der Waals surface area contributed by atoms with Crippen molar-refractivity contribution in [3.8, 4) is 0 Å². The number of benzene rings is 1. The number of piperidine rings is 1. The predicted molar refractivity (Wildman–Crippen MR) is 90.2 cm³/mol. The van der Waals surface area contributed by atoms with Gasteiger partial charge in [0.1, 0.15) is 0 Å². The van der Waals surface area contributed by atoms with E-state index in [1.807, 2.05) is 6.92 Å². The topological polar surface area (TPSA) is 35.5 Å². The van der Waals surface area contributed by atoms with Gasteiger partial charge in [0.2, 0.25) is 0 Å². The highest BCUT2D eigenvalue weighted by atomic mass is 19.4. The maximum Gasteiger partial charge on any atom is 0.389 e. The first-order valence-corrected chi connectivity index (χ1v) is 8.68. The number of nitrogens with zero attached hydrogens (tertiary/aromatic N) is 1. The average molecular weight is 344 g/mol. The van der Waals surface area contributed by atoms with Crippen molar-refractivity contribution in [3.05, 3.63) is 29.8 Å². The Morgan fingerprint density at radius 3 is 2.38 bits per heavy atom. The van der Waals surface area contributed by atoms with Crippen LogP contribution in [0.4, 0.5) is 18.9 Å². The lowest BCUT2D eigenvalue weighted by atomic mass is 10.0. The van der Waals surface area contributed by atoms with Gasteiger partial charge < -0.3 is 15.3 Å². The van der Waals surface area contributed by atoms with Gasteiger partial charge in [-0.25, -0.2) is 0 Å². The number of alkyl halides is 3. The number of hydrogen-bond acceptors (Lipinski definition) is 3. The van der Waals surface area contributed by atoms with Crippen LogP contribution < -0.4 is 10.2 Å². The zero-order valence-electron chi connectivity index (χ0n) is 14.1. The van der Waals surface area contributed by atoms with Crippen molar-refractivity contribution >= 4 is 5.69 Å². The quantitative estimate of drug-likeness (QED) is 0.733. The van der Waals surface area contributed by atoms with Crippen molar-refractivity contribution in [2.24, 2.45) is 0 Å². The summed E-state index contributed by atoms with van der Waals surface area (Å²) in [7, 11) is 0. The molecule has 1 aromatic carbocycles. The van der Waals surface area contributed by atoms with Crippen LogP contribution in [0.15, 0.2) is 24.3 Å². The van der Waals surface area contributed by atoms with Gasteiger partial charge in [0.25, 0.3) is 0 Å². The van der Waals surface area contributed by atoms with Gasteiger partial charge in [0, 0.05) is 31.2 Å². The minimum Gasteiger partial charge on any atom is -0.393 e. The van der Waals surface area contributed by atoms with Crippen LogP contribution >= 0.6 is 0 Å². The molecule has 0 aromatic heterocycles. The number of anilines is 1. The molecule has 1 saturated heterocycles. The van der Waals surface area contributed by atoms with Crippen LogP contribution in [0.2, 0.25) is 0 Å². The molecule has 0 saturated carbocycles. The van der Waals surface area contributed by atoms with E-state index < -0.39 is 12.6 Å². The second-order valence-electron chi connectivity index (χ2n) is 6.56. The molecule has 2 rings (SSSR count). The van der Waals surface area contributed by atoms with E-state index in [4.69, 9.17) is 0 Å². The molecule has 3 nitrogen and oxygen atoms in total. The number of hydrogen-bond donors (Lipinski definition) is 2. The molecule has 0 bridgehead atoms. The van der Waals surface area contributed by atoms with Crippen molar-refractivity contribution in [1.29, 1.82) is 0 Å². The van der Waals surface area contributed by atoms with Crippen LogP contribution in [0.1, 0.15) is 50.6 Å². The van der Waals surface area contributed by atoms with E-state index in [1.54, 1.807) is 0 Å². The zero-order chi connectivity index (χ0) is 17.6. The van der Waals surface area contributed by atoms with Gasteiger partial charge in [-0.2, -0.15) is 13.2 Å². The minimum atomic E-state index is -4.05. The Hall–Kier alpha value is -1.27. The maximum atomic E-state index is 12.1. The summed E-state index contributed by atoms with van der Waals surface area (Å²) in [5.41, 5.74) is 2.29. The summed E-state index contributed by atoms with van der Waals surface area (Å²) in [6.45, 7) is 4.35. The molecule has 2 N–H and O–H groups in total. The van der Waals surface area contributed by atoms with Crippen molar-refractivity contribution in [3.63, 3.8) is 0 Å². The van der Waals surface area contributed by atoms with Crippen molar-refractivity contribution < 1.29 is 18.3 Å². The highest BCUT2D eigenvalue weighted by molar-refractivity contribution is 5.48. The number of aliphatic hydroxyl groups excluding tert-OH is 1. The SMILES string of the molecule is CC(NCCCCC(F)(F)F)c1ccc(N2CCC(O)CC2)cc1. The van der Waals surface area contributed by atoms with Gasteiger partial charge in [0.05, 0.1) is 6.10 Å². The smallest absolute Gasteiger partial charge is 0.389 e. The van der Waals surface area contributed by atoms with E-state index >= 15 is 0 Å². The van der Waals surface area contributed by atoms with Crippen LogP contribution in [-0.2, 0) is 0 Å². The fourth-order valence-corrected chi connectivity index (χ4v) is 2.98. The number of rotatable bonds is 7. The zero-order valence-corrected chi connectivity index (χ0v) is 14.1. The van der Waals surface area contributed by atoms with E-state index in [9.17, 15) is 18.3 Å². The van der Waals surface area contributed by atoms with Crippen LogP contribution in [0.25, 0.3) is 0 Å². The molecule has 1 aliphatic rings. The average Bonchev–Trinajstić information content (AvgIpc) is 2.54. The summed E-state index contributed by atoms with van der Waals surface area (Å²) in [5, 5.41) is 12.8. The monoisotopic (exact) mass is 344 g/mol. The Labute approximate surface area is 141 Å². The van der Waals surface area contributed by atoms with E-state index in [-0.39, 0.29) is 18.6 Å². The normalized spacial score (nSPS) is 18.0. The second-order valence-corrected chi connectivity index (χ2v) is 6.56. The fourth-order valence-electron chi connectivity index (χ4n) is 2.98. The van der Waals surface area contributed by atoms with E-state index in [0.29, 0.717) is 13.0 Å². The minimum absolute atomic E-state index is 0.119. The Balaban J connectivity index is 1.74. The first-order valence-electron chi connectivity index (χ1n) is 8.68. The lowest BCUT2D eigenvalue weighted by molar-refractivity contribution is -0.135. The lowest BCUT2D eigenvalue weighted by Gasteiger charge is -2.31. The van der Waals surface area contributed by atoms with Gasteiger partial charge >= 0.3 is 6.18 Å². The molecule has 24 heavy (non-hydrogen) atoms. The van der Waals surface area contributed by atoms with E-state index in [2.05, 4.69) is 34.5 Å². The van der Waals surface area contributed by atoms with Crippen molar-refractivity contribution in [1.82, 2.24) is 5.32 Å². The van der Waals surface area contributed by atoms with Gasteiger partial charge in [-0.05, 0) is 56.8 Å². The summed E-state index contributed by atoms with van der Waals surface area (Å²) >= 11 is 0. The van der Waals surface area contributed by atoms with Gasteiger partial charge in [-0.3, -0.25) is 0 Å². The molecule has 6 heteroatoms. The van der Waals surface area contributed by atoms with Crippen LogP contribution in [0, 0.1) is 0 Å². The summed E-state index contributed by atoms with van der Waals surface area (Å²) in [6, 6.07) is 8.40. The number of unbranched alkanes of at least 4 members (excludes halogenated alkanes) is 1. The summed E-state index contributed by atoms with van der Waals surface area (Å²) in [4.78, 5) is 2.27. The first-order chi connectivity index (χ1) is 11.3. The highest BCUT2D eigenvalue weighted by Gasteiger charge is 2.25. The van der Waals surface area contributed by atoms with Crippen LogP contribution in [0.3, 0.4) is 0 Å². The van der Waals surface area contributed by atoms with Crippen molar-refractivity contribution in [2.75, 3.05) is 24.5 Å². The molecule has 1 fully saturated rings. The van der Waals surface area contributed by atoms with Crippen LogP contribution in [0.5, 0.6) is 0 Å². The third kappa shape index (κ3) is 6.32. The Kier molecular flexibility index (Phi) is 6.92. The number of halogens is 3. The Morgan fingerprint density at radius 1 is 1.17 bits per heavy atom. The molecule has 1 heterocycles. The van der Waals surface area contributed by atoms with E-state index in [0.717, 1.165) is 37.2 Å². The largest absolute Gasteiger partial charge is 0.393 e. The molecule has 136 valence electrons. The Morgan fingerprint density at radius 2 is 1.79 bits per heavy atom. The van der Waals surface area contributed by atoms with Gasteiger partial charge in [-0.1, -0.05) is 12.1 Å². The van der Waals surface area contributed by atoms with Crippen molar-refractivity contribution in [2.45, 2.75) is 57.3 Å². The maximum absolute atomic E-state index is 12.1. The highest BCUT2D eigenvalue weighted by Crippen LogP contribution is 2.24. The summed E-state index contributed by atoms with van der Waals surface area (Å²) in [5.74, 6) is 0. The molecule has 1 aliphatic heterocycles. The molecular formula is C18H27F3N2O. The van der Waals surface area contributed by atoms with Crippen LogP contribution in [-0.4, -0.2) is 37.0 Å². The number of aliphatic hydroxyl groups is 1. The molecule has 1 unspecified atom stereocenters.